The van der Waals surface area contributed by atoms with Gasteiger partial charge < -0.3 is 9.73 Å². The molecule has 1 unspecified atom stereocenters. The van der Waals surface area contributed by atoms with Crippen LogP contribution in [-0.2, 0) is 4.79 Å². The number of halogens is 2. The molecule has 1 aliphatic carbocycles. The number of amides is 2. The third kappa shape index (κ3) is 4.27. The van der Waals surface area contributed by atoms with Crippen LogP contribution in [0.2, 0.25) is 5.02 Å². The third-order valence-corrected chi connectivity index (χ3v) is 6.37. The Morgan fingerprint density at radius 3 is 2.63 bits per heavy atom. The quantitative estimate of drug-likeness (QED) is 0.537. The monoisotopic (exact) mass is 446 g/mol. The fourth-order valence-electron chi connectivity index (χ4n) is 3.71. The topological polar surface area (TPSA) is 62.6 Å². The fraction of sp³-hybridized carbons (Fsp3) is 0.273. The minimum atomic E-state index is -0.940. The van der Waals surface area contributed by atoms with Gasteiger partial charge in [0.05, 0.1) is 11.3 Å². The molecule has 0 radical (unpaired) electrons. The maximum Gasteiger partial charge on any atom is 0.295 e. The highest BCUT2D eigenvalue weighted by molar-refractivity contribution is 7.10. The molecule has 3 aromatic rings. The highest BCUT2D eigenvalue weighted by Crippen LogP contribution is 2.34. The summed E-state index contributed by atoms with van der Waals surface area (Å²) in [6, 6.07) is 9.86. The molecule has 2 heterocycles. The number of nitrogens with zero attached hydrogens (tertiary/aromatic N) is 1. The second-order valence-electron chi connectivity index (χ2n) is 7.16. The van der Waals surface area contributed by atoms with E-state index in [1.807, 2.05) is 11.4 Å². The Morgan fingerprint density at radius 2 is 2.00 bits per heavy atom. The van der Waals surface area contributed by atoms with Crippen molar-refractivity contribution in [2.45, 2.75) is 37.8 Å². The number of rotatable bonds is 6. The van der Waals surface area contributed by atoms with Crippen LogP contribution < -0.4 is 10.2 Å². The van der Waals surface area contributed by atoms with Gasteiger partial charge in [-0.15, -0.1) is 11.3 Å². The lowest BCUT2D eigenvalue weighted by Gasteiger charge is -2.31. The molecule has 1 saturated carbocycles. The molecule has 30 heavy (non-hydrogen) atoms. The Kier molecular flexibility index (Phi) is 6.20. The van der Waals surface area contributed by atoms with Gasteiger partial charge in [-0.2, -0.15) is 0 Å². The van der Waals surface area contributed by atoms with E-state index < -0.39 is 17.8 Å². The van der Waals surface area contributed by atoms with E-state index in [0.717, 1.165) is 25.7 Å². The smallest absolute Gasteiger partial charge is 0.295 e. The standard InChI is InChI=1S/C22H20ClFN2O3S/c23-16-13-15(9-10-17(16)24)26(22(28)18-7-3-11-29-18)20(19-8-4-12-30-19)21(27)25-14-5-1-2-6-14/h3-4,7-14,20H,1-2,5-6H2,(H,25,27). The van der Waals surface area contributed by atoms with Gasteiger partial charge in [-0.3, -0.25) is 14.5 Å². The van der Waals surface area contributed by atoms with E-state index in [1.165, 1.54) is 46.8 Å². The minimum Gasteiger partial charge on any atom is -0.459 e. The number of hydrogen-bond donors (Lipinski definition) is 1. The van der Waals surface area contributed by atoms with Crippen molar-refractivity contribution in [1.82, 2.24) is 5.32 Å². The molecule has 1 atom stereocenters. The van der Waals surface area contributed by atoms with Gasteiger partial charge in [0.2, 0.25) is 5.91 Å². The lowest BCUT2D eigenvalue weighted by Crippen LogP contribution is -2.46. The van der Waals surface area contributed by atoms with Crippen molar-refractivity contribution < 1.29 is 18.4 Å². The molecule has 1 aliphatic rings. The Balaban J connectivity index is 1.78. The predicted molar refractivity (Wildman–Crippen MR) is 114 cm³/mol. The third-order valence-electron chi connectivity index (χ3n) is 5.15. The van der Waals surface area contributed by atoms with Crippen LogP contribution in [0.15, 0.2) is 58.5 Å². The van der Waals surface area contributed by atoms with Crippen molar-refractivity contribution >= 4 is 40.4 Å². The minimum absolute atomic E-state index is 0.0747. The molecule has 1 fully saturated rings. The molecule has 156 valence electrons. The van der Waals surface area contributed by atoms with Crippen LogP contribution in [0.4, 0.5) is 10.1 Å². The number of carbonyl (C=O) groups is 2. The Hall–Kier alpha value is -2.64. The van der Waals surface area contributed by atoms with Crippen LogP contribution in [0.1, 0.15) is 47.2 Å². The molecule has 0 saturated heterocycles. The van der Waals surface area contributed by atoms with Gasteiger partial charge in [0.1, 0.15) is 5.82 Å². The zero-order chi connectivity index (χ0) is 21.1. The van der Waals surface area contributed by atoms with Crippen LogP contribution in [-0.4, -0.2) is 17.9 Å². The van der Waals surface area contributed by atoms with Crippen LogP contribution in [0.5, 0.6) is 0 Å². The Morgan fingerprint density at radius 1 is 1.20 bits per heavy atom. The first-order valence-electron chi connectivity index (χ1n) is 9.70. The molecule has 0 spiro atoms. The summed E-state index contributed by atoms with van der Waals surface area (Å²) in [6.45, 7) is 0. The van der Waals surface area contributed by atoms with E-state index in [9.17, 15) is 14.0 Å². The normalized spacial score (nSPS) is 15.1. The van der Waals surface area contributed by atoms with Crippen molar-refractivity contribution in [3.63, 3.8) is 0 Å². The largest absolute Gasteiger partial charge is 0.459 e. The van der Waals surface area contributed by atoms with E-state index >= 15 is 0 Å². The first kappa shape index (κ1) is 20.6. The molecule has 5 nitrogen and oxygen atoms in total. The number of nitrogens with one attached hydrogen (secondary N) is 1. The molecule has 2 amide bonds. The molecule has 0 bridgehead atoms. The van der Waals surface area contributed by atoms with Crippen molar-refractivity contribution in [2.75, 3.05) is 4.90 Å². The van der Waals surface area contributed by atoms with E-state index in [0.29, 0.717) is 10.6 Å². The first-order valence-corrected chi connectivity index (χ1v) is 11.0. The Bertz CT molecular complexity index is 1020. The average molecular weight is 447 g/mol. The number of carbonyl (C=O) groups excluding carboxylic acids is 2. The molecular formula is C22H20ClFN2O3S. The van der Waals surface area contributed by atoms with Gasteiger partial charge >= 0.3 is 0 Å². The van der Waals surface area contributed by atoms with E-state index in [4.69, 9.17) is 16.0 Å². The second-order valence-corrected chi connectivity index (χ2v) is 8.55. The predicted octanol–water partition coefficient (Wildman–Crippen LogP) is 5.58. The zero-order valence-electron chi connectivity index (χ0n) is 16.0. The van der Waals surface area contributed by atoms with Gasteiger partial charge in [0.25, 0.3) is 5.91 Å². The van der Waals surface area contributed by atoms with E-state index in [2.05, 4.69) is 5.32 Å². The van der Waals surface area contributed by atoms with Gasteiger partial charge in [0, 0.05) is 16.6 Å². The summed E-state index contributed by atoms with van der Waals surface area (Å²) in [5, 5.41) is 4.79. The summed E-state index contributed by atoms with van der Waals surface area (Å²) in [7, 11) is 0. The van der Waals surface area contributed by atoms with Crippen LogP contribution >= 0.6 is 22.9 Å². The number of anilines is 1. The molecular weight excluding hydrogens is 427 g/mol. The van der Waals surface area contributed by atoms with E-state index in [-0.39, 0.29) is 22.7 Å². The molecule has 0 aliphatic heterocycles. The van der Waals surface area contributed by atoms with Crippen molar-refractivity contribution in [3.8, 4) is 0 Å². The lowest BCUT2D eigenvalue weighted by atomic mass is 10.1. The first-order chi connectivity index (χ1) is 14.5. The summed E-state index contributed by atoms with van der Waals surface area (Å²) >= 11 is 7.37. The fourth-order valence-corrected chi connectivity index (χ4v) is 4.70. The molecule has 1 N–H and O–H groups in total. The van der Waals surface area contributed by atoms with Gasteiger partial charge in [-0.1, -0.05) is 30.5 Å². The van der Waals surface area contributed by atoms with Crippen LogP contribution in [0.3, 0.4) is 0 Å². The molecule has 4 rings (SSSR count). The summed E-state index contributed by atoms with van der Waals surface area (Å²) in [5.74, 6) is -1.33. The summed E-state index contributed by atoms with van der Waals surface area (Å²) < 4.78 is 19.1. The van der Waals surface area contributed by atoms with Gasteiger partial charge in [0.15, 0.2) is 11.8 Å². The van der Waals surface area contributed by atoms with Crippen molar-refractivity contribution in [2.24, 2.45) is 0 Å². The zero-order valence-corrected chi connectivity index (χ0v) is 17.6. The van der Waals surface area contributed by atoms with Crippen LogP contribution in [0, 0.1) is 5.82 Å². The average Bonchev–Trinajstić information content (AvgIpc) is 3.50. The summed E-state index contributed by atoms with van der Waals surface area (Å²) in [5.41, 5.74) is 0.308. The van der Waals surface area contributed by atoms with Crippen LogP contribution in [0.25, 0.3) is 0 Å². The Labute approximate surface area is 182 Å². The SMILES string of the molecule is O=C(NC1CCCC1)C(c1cccs1)N(C(=O)c1ccco1)c1ccc(F)c(Cl)c1. The number of thiophene rings is 1. The number of hydrogen-bond acceptors (Lipinski definition) is 4. The molecule has 1 aromatic carbocycles. The molecule has 8 heteroatoms. The van der Waals surface area contributed by atoms with Gasteiger partial charge in [-0.05, 0) is 54.6 Å². The maximum atomic E-state index is 13.8. The molecule has 2 aromatic heterocycles. The number of benzene rings is 1. The summed E-state index contributed by atoms with van der Waals surface area (Å²) in [6.07, 6.45) is 5.35. The lowest BCUT2D eigenvalue weighted by molar-refractivity contribution is -0.123. The van der Waals surface area contributed by atoms with Crippen molar-refractivity contribution in [3.05, 3.63) is 75.6 Å². The highest BCUT2D eigenvalue weighted by atomic mass is 35.5. The number of furan rings is 1. The van der Waals surface area contributed by atoms with Gasteiger partial charge in [-0.25, -0.2) is 4.39 Å². The van der Waals surface area contributed by atoms with E-state index in [1.54, 1.807) is 12.1 Å². The second kappa shape index (κ2) is 9.02. The summed E-state index contributed by atoms with van der Waals surface area (Å²) in [4.78, 5) is 28.8. The maximum absolute atomic E-state index is 13.8. The van der Waals surface area contributed by atoms with Crippen molar-refractivity contribution in [1.29, 1.82) is 0 Å². The highest BCUT2D eigenvalue weighted by Gasteiger charge is 2.36.